The van der Waals surface area contributed by atoms with Crippen LogP contribution < -0.4 is 5.32 Å². The van der Waals surface area contributed by atoms with Crippen molar-refractivity contribution in [2.75, 3.05) is 11.9 Å². The molecular formula is C28H24N2O3. The Labute approximate surface area is 192 Å². The van der Waals surface area contributed by atoms with Gasteiger partial charge >= 0.3 is 0 Å². The highest BCUT2D eigenvalue weighted by atomic mass is 16.3. The largest absolute Gasteiger partial charge is 0.461 e. The molecule has 0 atom stereocenters. The van der Waals surface area contributed by atoms with Gasteiger partial charge in [-0.15, -0.1) is 0 Å². The van der Waals surface area contributed by atoms with Crippen molar-refractivity contribution >= 4 is 28.3 Å². The average molecular weight is 437 g/mol. The smallest absolute Gasteiger partial charge is 0.254 e. The summed E-state index contributed by atoms with van der Waals surface area (Å²) < 4.78 is 6.14. The molecule has 4 aromatic rings. The third kappa shape index (κ3) is 3.80. The van der Waals surface area contributed by atoms with E-state index < -0.39 is 0 Å². The van der Waals surface area contributed by atoms with Crippen LogP contribution >= 0.6 is 0 Å². The number of hydrogen-bond acceptors (Lipinski definition) is 3. The Morgan fingerprint density at radius 2 is 1.73 bits per heavy atom. The zero-order valence-corrected chi connectivity index (χ0v) is 18.2. The standard InChI is InChI=1S/C28H24N2O3/c31-27(20-8-9-20)29-22-12-10-19(11-13-22)26-16-21-17-30(15-14-25(21)33-26)28(32)24-7-3-5-18-4-1-2-6-23(18)24/h1-7,10-13,16,20H,8-9,14-15,17H2,(H,29,31). The van der Waals surface area contributed by atoms with E-state index >= 15 is 0 Å². The summed E-state index contributed by atoms with van der Waals surface area (Å²) in [6, 6.07) is 23.7. The van der Waals surface area contributed by atoms with Gasteiger partial charge in [-0.1, -0.05) is 36.4 Å². The second-order valence-electron chi connectivity index (χ2n) is 8.90. The number of carbonyl (C=O) groups excluding carboxylic acids is 2. The Morgan fingerprint density at radius 1 is 0.939 bits per heavy atom. The first-order valence-corrected chi connectivity index (χ1v) is 11.5. The minimum absolute atomic E-state index is 0.0518. The van der Waals surface area contributed by atoms with Gasteiger partial charge in [-0.2, -0.15) is 0 Å². The fourth-order valence-corrected chi connectivity index (χ4v) is 4.54. The van der Waals surface area contributed by atoms with E-state index in [0.717, 1.165) is 57.5 Å². The van der Waals surface area contributed by atoms with Crippen LogP contribution in [0.4, 0.5) is 5.69 Å². The number of carbonyl (C=O) groups is 2. The second-order valence-corrected chi connectivity index (χ2v) is 8.90. The number of nitrogens with zero attached hydrogens (tertiary/aromatic N) is 1. The Hall–Kier alpha value is -3.86. The molecule has 2 amide bonds. The average Bonchev–Trinajstić information content (AvgIpc) is 3.62. The van der Waals surface area contributed by atoms with Crippen molar-refractivity contribution < 1.29 is 14.0 Å². The minimum Gasteiger partial charge on any atom is -0.461 e. The number of anilines is 1. The van der Waals surface area contributed by atoms with Gasteiger partial charge in [-0.05, 0) is 60.0 Å². The minimum atomic E-state index is 0.0518. The van der Waals surface area contributed by atoms with E-state index in [2.05, 4.69) is 5.32 Å². The molecule has 3 aromatic carbocycles. The molecule has 0 saturated heterocycles. The van der Waals surface area contributed by atoms with Crippen molar-refractivity contribution in [1.29, 1.82) is 0 Å². The summed E-state index contributed by atoms with van der Waals surface area (Å²) in [6.45, 7) is 1.17. The third-order valence-electron chi connectivity index (χ3n) is 6.56. The molecule has 1 saturated carbocycles. The van der Waals surface area contributed by atoms with Gasteiger partial charge in [-0.25, -0.2) is 0 Å². The van der Waals surface area contributed by atoms with Gasteiger partial charge in [-0.3, -0.25) is 9.59 Å². The fourth-order valence-electron chi connectivity index (χ4n) is 4.54. The third-order valence-corrected chi connectivity index (χ3v) is 6.56. The zero-order valence-electron chi connectivity index (χ0n) is 18.2. The maximum absolute atomic E-state index is 13.3. The van der Waals surface area contributed by atoms with Crippen LogP contribution in [0.1, 0.15) is 34.5 Å². The number of nitrogens with one attached hydrogen (secondary N) is 1. The summed E-state index contributed by atoms with van der Waals surface area (Å²) >= 11 is 0. The van der Waals surface area contributed by atoms with E-state index in [1.807, 2.05) is 77.7 Å². The normalized spacial score (nSPS) is 15.3. The number of hydrogen-bond donors (Lipinski definition) is 1. The highest BCUT2D eigenvalue weighted by Gasteiger charge is 2.29. The lowest BCUT2D eigenvalue weighted by atomic mass is 10.0. The highest BCUT2D eigenvalue weighted by Crippen LogP contribution is 2.33. The second kappa shape index (κ2) is 7.93. The van der Waals surface area contributed by atoms with Crippen LogP contribution in [0.5, 0.6) is 0 Å². The molecule has 1 aliphatic heterocycles. The predicted molar refractivity (Wildman–Crippen MR) is 128 cm³/mol. The maximum atomic E-state index is 13.3. The molecule has 1 fully saturated rings. The summed E-state index contributed by atoms with van der Waals surface area (Å²) in [5, 5.41) is 5.02. The Kier molecular flexibility index (Phi) is 4.75. The van der Waals surface area contributed by atoms with Crippen LogP contribution in [0.2, 0.25) is 0 Å². The molecule has 0 radical (unpaired) electrons. The Balaban J connectivity index is 1.20. The van der Waals surface area contributed by atoms with Gasteiger partial charge in [0.1, 0.15) is 11.5 Å². The lowest BCUT2D eigenvalue weighted by molar-refractivity contribution is -0.117. The molecule has 1 aliphatic carbocycles. The quantitative estimate of drug-likeness (QED) is 0.450. The van der Waals surface area contributed by atoms with Crippen molar-refractivity contribution in [3.63, 3.8) is 0 Å². The molecule has 2 heterocycles. The van der Waals surface area contributed by atoms with Crippen LogP contribution in [0.25, 0.3) is 22.1 Å². The van der Waals surface area contributed by atoms with E-state index in [1.54, 1.807) is 0 Å². The Bertz CT molecular complexity index is 1360. The van der Waals surface area contributed by atoms with E-state index in [0.29, 0.717) is 19.5 Å². The van der Waals surface area contributed by atoms with Gasteiger partial charge < -0.3 is 14.6 Å². The number of rotatable bonds is 4. The number of amides is 2. The van der Waals surface area contributed by atoms with Gasteiger partial charge in [0.25, 0.3) is 5.91 Å². The van der Waals surface area contributed by atoms with E-state index in [9.17, 15) is 9.59 Å². The van der Waals surface area contributed by atoms with Crippen LogP contribution in [-0.4, -0.2) is 23.3 Å². The van der Waals surface area contributed by atoms with Crippen molar-refractivity contribution in [2.45, 2.75) is 25.8 Å². The van der Waals surface area contributed by atoms with Gasteiger partial charge in [0.2, 0.25) is 5.91 Å². The molecule has 1 N–H and O–H groups in total. The lowest BCUT2D eigenvalue weighted by Gasteiger charge is -2.26. The van der Waals surface area contributed by atoms with Crippen molar-refractivity contribution in [2.24, 2.45) is 5.92 Å². The zero-order chi connectivity index (χ0) is 22.4. The maximum Gasteiger partial charge on any atom is 0.254 e. The molecule has 6 rings (SSSR count). The molecule has 1 aromatic heterocycles. The first-order chi connectivity index (χ1) is 16.2. The van der Waals surface area contributed by atoms with Gasteiger partial charge in [0.15, 0.2) is 0 Å². The monoisotopic (exact) mass is 436 g/mol. The molecule has 0 bridgehead atoms. The van der Waals surface area contributed by atoms with E-state index in [1.165, 1.54) is 0 Å². The highest BCUT2D eigenvalue weighted by molar-refractivity contribution is 6.07. The Morgan fingerprint density at radius 3 is 2.55 bits per heavy atom. The number of furan rings is 1. The first-order valence-electron chi connectivity index (χ1n) is 11.5. The molecule has 2 aliphatic rings. The molecule has 164 valence electrons. The summed E-state index contributed by atoms with van der Waals surface area (Å²) in [5.74, 6) is 2.07. The summed E-state index contributed by atoms with van der Waals surface area (Å²) in [6.07, 6.45) is 2.67. The summed E-state index contributed by atoms with van der Waals surface area (Å²) in [4.78, 5) is 27.2. The van der Waals surface area contributed by atoms with Crippen molar-refractivity contribution in [3.05, 3.63) is 89.7 Å². The fraction of sp³-hybridized carbons (Fsp3) is 0.214. The van der Waals surface area contributed by atoms with Crippen LogP contribution in [0.15, 0.2) is 77.2 Å². The van der Waals surface area contributed by atoms with Crippen LogP contribution in [0.3, 0.4) is 0 Å². The molecule has 0 unspecified atom stereocenters. The van der Waals surface area contributed by atoms with Crippen molar-refractivity contribution in [3.8, 4) is 11.3 Å². The van der Waals surface area contributed by atoms with Gasteiger partial charge in [0.05, 0.1) is 0 Å². The summed E-state index contributed by atoms with van der Waals surface area (Å²) in [5.41, 5.74) is 3.56. The van der Waals surface area contributed by atoms with Crippen LogP contribution in [-0.2, 0) is 17.8 Å². The van der Waals surface area contributed by atoms with E-state index in [-0.39, 0.29) is 17.7 Å². The van der Waals surface area contributed by atoms with Crippen molar-refractivity contribution in [1.82, 2.24) is 4.90 Å². The number of fused-ring (bicyclic) bond motifs is 2. The lowest BCUT2D eigenvalue weighted by Crippen LogP contribution is -2.35. The molecule has 5 heteroatoms. The topological polar surface area (TPSA) is 62.6 Å². The van der Waals surface area contributed by atoms with Gasteiger partial charge in [0, 0.05) is 47.8 Å². The van der Waals surface area contributed by atoms with Crippen LogP contribution in [0, 0.1) is 5.92 Å². The molecule has 0 spiro atoms. The first kappa shape index (κ1) is 19.8. The molecular weight excluding hydrogens is 412 g/mol. The molecule has 5 nitrogen and oxygen atoms in total. The SMILES string of the molecule is O=C(Nc1ccc(-c2cc3c(o2)CCN(C(=O)c2cccc4ccccc24)C3)cc1)C1CC1. The predicted octanol–water partition coefficient (Wildman–Crippen LogP) is 5.65. The number of benzene rings is 3. The van der Waals surface area contributed by atoms with E-state index in [4.69, 9.17) is 4.42 Å². The molecule has 33 heavy (non-hydrogen) atoms. The summed E-state index contributed by atoms with van der Waals surface area (Å²) in [7, 11) is 0.